The second kappa shape index (κ2) is 5.39. The van der Waals surface area contributed by atoms with Crippen molar-refractivity contribution in [3.05, 3.63) is 29.3 Å². The molecule has 19 heavy (non-hydrogen) atoms. The molecule has 0 saturated carbocycles. The summed E-state index contributed by atoms with van der Waals surface area (Å²) in [4.78, 5) is 10.4. The molecule has 0 aliphatic carbocycles. The monoisotopic (exact) mass is 286 g/mol. The molecule has 1 aromatic rings. The number of carboxylic acids is 1. The molecule has 1 aromatic carbocycles. The molecule has 1 unspecified atom stereocenters. The van der Waals surface area contributed by atoms with E-state index < -0.39 is 41.7 Å². The van der Waals surface area contributed by atoms with Gasteiger partial charge in [-0.2, -0.15) is 0 Å². The number of benzene rings is 1. The molecular weight excluding hydrogens is 279 g/mol. The van der Waals surface area contributed by atoms with Crippen LogP contribution in [0.1, 0.15) is 23.7 Å². The van der Waals surface area contributed by atoms with Crippen molar-refractivity contribution in [3.8, 4) is 5.75 Å². The zero-order valence-corrected chi connectivity index (χ0v) is 8.99. The van der Waals surface area contributed by atoms with E-state index in [1.807, 2.05) is 0 Å². The lowest BCUT2D eigenvalue weighted by Crippen LogP contribution is -2.18. The fourth-order valence-electron chi connectivity index (χ4n) is 1.27. The third-order valence-electron chi connectivity index (χ3n) is 2.04. The number of aliphatic hydroxyl groups is 1. The number of carboxylic acid groups (broad SMARTS) is 1. The van der Waals surface area contributed by atoms with E-state index in [0.717, 1.165) is 6.07 Å². The number of aliphatic carboxylic acids is 1. The quantitative estimate of drug-likeness (QED) is 0.835. The maximum absolute atomic E-state index is 12.6. The molecule has 0 amide bonds. The van der Waals surface area contributed by atoms with Gasteiger partial charge in [-0.05, 0) is 17.7 Å². The summed E-state index contributed by atoms with van der Waals surface area (Å²) in [6, 6.07) is 1.73. The lowest BCUT2D eigenvalue weighted by atomic mass is 10.1. The largest absolute Gasteiger partial charge is 0.573 e. The van der Waals surface area contributed by atoms with Crippen molar-refractivity contribution in [3.63, 3.8) is 0 Å². The molecule has 0 aromatic heterocycles. The number of ether oxygens (including phenoxy) is 1. The van der Waals surface area contributed by atoms with Crippen molar-refractivity contribution in [1.82, 2.24) is 0 Å². The molecule has 9 heteroatoms. The van der Waals surface area contributed by atoms with Crippen molar-refractivity contribution in [1.29, 1.82) is 0 Å². The third kappa shape index (κ3) is 4.05. The minimum Gasteiger partial charge on any atom is -0.479 e. The Kier molecular flexibility index (Phi) is 4.30. The van der Waals surface area contributed by atoms with Crippen LogP contribution in [-0.4, -0.2) is 22.5 Å². The first-order valence-corrected chi connectivity index (χ1v) is 4.70. The molecule has 1 rings (SSSR count). The van der Waals surface area contributed by atoms with Crippen molar-refractivity contribution >= 4 is 5.97 Å². The molecule has 0 aliphatic heterocycles. The fraction of sp³-hybridized carbons (Fsp3) is 0.300. The Balaban J connectivity index is 3.19. The number of aliphatic hydroxyl groups excluding tert-OH is 1. The highest BCUT2D eigenvalue weighted by Gasteiger charge is 2.33. The van der Waals surface area contributed by atoms with Crippen molar-refractivity contribution in [2.45, 2.75) is 18.9 Å². The van der Waals surface area contributed by atoms with Gasteiger partial charge in [-0.3, -0.25) is 0 Å². The molecule has 0 fully saturated rings. The summed E-state index contributed by atoms with van der Waals surface area (Å²) in [6.07, 6.45) is -10.6. The van der Waals surface area contributed by atoms with Crippen LogP contribution in [0.15, 0.2) is 18.2 Å². The average molecular weight is 286 g/mol. The summed E-state index contributed by atoms with van der Waals surface area (Å²) in [5.41, 5.74) is -1.63. The Hall–Kier alpha value is -1.90. The van der Waals surface area contributed by atoms with Gasteiger partial charge in [0.2, 0.25) is 0 Å². The van der Waals surface area contributed by atoms with Gasteiger partial charge in [-0.15, -0.1) is 13.2 Å². The number of hydrogen-bond donors (Lipinski definition) is 2. The summed E-state index contributed by atoms with van der Waals surface area (Å²) in [5, 5.41) is 17.6. The van der Waals surface area contributed by atoms with E-state index >= 15 is 0 Å². The van der Waals surface area contributed by atoms with Gasteiger partial charge in [0.05, 0.1) is 5.56 Å². The highest BCUT2D eigenvalue weighted by atomic mass is 19.4. The maximum Gasteiger partial charge on any atom is 0.573 e. The SMILES string of the molecule is O=C(O)C(O)c1ccc(OC(F)(F)F)c(C(F)F)c1. The molecule has 0 heterocycles. The van der Waals surface area contributed by atoms with Gasteiger partial charge in [-0.25, -0.2) is 13.6 Å². The van der Waals surface area contributed by atoms with Gasteiger partial charge >= 0.3 is 12.3 Å². The zero-order valence-electron chi connectivity index (χ0n) is 8.99. The summed E-state index contributed by atoms with van der Waals surface area (Å²) in [6.45, 7) is 0. The normalized spacial score (nSPS) is 13.4. The minimum absolute atomic E-state index is 0.449. The van der Waals surface area contributed by atoms with Crippen molar-refractivity contribution in [2.24, 2.45) is 0 Å². The second-order valence-corrected chi connectivity index (χ2v) is 3.39. The van der Waals surface area contributed by atoms with Gasteiger partial charge in [-0.1, -0.05) is 6.07 Å². The minimum atomic E-state index is -5.16. The van der Waals surface area contributed by atoms with Crippen LogP contribution in [0, 0.1) is 0 Å². The molecular formula is C10H7F5O4. The number of halogens is 5. The standard InChI is InChI=1S/C10H7F5O4/c11-8(12)5-3-4(7(16)9(17)18)1-2-6(5)19-10(13,14)15/h1-3,7-8,16H,(H,17,18). The number of rotatable bonds is 4. The van der Waals surface area contributed by atoms with Crippen molar-refractivity contribution in [2.75, 3.05) is 0 Å². The van der Waals surface area contributed by atoms with Gasteiger partial charge in [0.1, 0.15) is 5.75 Å². The van der Waals surface area contributed by atoms with E-state index in [2.05, 4.69) is 4.74 Å². The van der Waals surface area contributed by atoms with Gasteiger partial charge in [0, 0.05) is 0 Å². The van der Waals surface area contributed by atoms with Crippen LogP contribution in [0.2, 0.25) is 0 Å². The van der Waals surface area contributed by atoms with Crippen LogP contribution in [-0.2, 0) is 4.79 Å². The molecule has 0 saturated heterocycles. The van der Waals surface area contributed by atoms with E-state index in [1.165, 1.54) is 0 Å². The van der Waals surface area contributed by atoms with E-state index in [9.17, 15) is 26.7 Å². The summed E-state index contributed by atoms with van der Waals surface area (Å²) >= 11 is 0. The van der Waals surface area contributed by atoms with E-state index in [-0.39, 0.29) is 0 Å². The first-order chi connectivity index (χ1) is 8.61. The average Bonchev–Trinajstić information content (AvgIpc) is 2.26. The lowest BCUT2D eigenvalue weighted by Gasteiger charge is -2.15. The summed E-state index contributed by atoms with van der Waals surface area (Å²) in [7, 11) is 0. The Morgan fingerprint density at radius 1 is 1.26 bits per heavy atom. The maximum atomic E-state index is 12.6. The first-order valence-electron chi connectivity index (χ1n) is 4.70. The van der Waals surface area contributed by atoms with Crippen LogP contribution in [0.3, 0.4) is 0 Å². The number of carbonyl (C=O) groups is 1. The second-order valence-electron chi connectivity index (χ2n) is 3.39. The molecule has 2 N–H and O–H groups in total. The Labute approximate surface area is 103 Å². The summed E-state index contributed by atoms with van der Waals surface area (Å²) in [5.74, 6) is -2.87. The molecule has 4 nitrogen and oxygen atoms in total. The fourth-order valence-corrected chi connectivity index (χ4v) is 1.27. The predicted molar refractivity (Wildman–Crippen MR) is 50.7 cm³/mol. The van der Waals surface area contributed by atoms with E-state index in [0.29, 0.717) is 12.1 Å². The highest BCUT2D eigenvalue weighted by molar-refractivity contribution is 5.74. The van der Waals surface area contributed by atoms with E-state index in [1.54, 1.807) is 0 Å². The van der Waals surface area contributed by atoms with Gasteiger partial charge in [0.15, 0.2) is 6.10 Å². The first kappa shape index (κ1) is 15.2. The lowest BCUT2D eigenvalue weighted by molar-refractivity contribution is -0.275. The Bertz CT molecular complexity index is 471. The van der Waals surface area contributed by atoms with E-state index in [4.69, 9.17) is 10.2 Å². The molecule has 0 aliphatic rings. The molecule has 0 spiro atoms. The van der Waals surface area contributed by atoms with Crippen LogP contribution < -0.4 is 4.74 Å². The Morgan fingerprint density at radius 3 is 2.26 bits per heavy atom. The Morgan fingerprint density at radius 2 is 1.84 bits per heavy atom. The van der Waals surface area contributed by atoms with Crippen LogP contribution in [0.25, 0.3) is 0 Å². The molecule has 0 bridgehead atoms. The summed E-state index contributed by atoms with van der Waals surface area (Å²) < 4.78 is 64.4. The topological polar surface area (TPSA) is 66.8 Å². The number of alkyl halides is 5. The van der Waals surface area contributed by atoms with Crippen LogP contribution in [0.4, 0.5) is 22.0 Å². The smallest absolute Gasteiger partial charge is 0.479 e. The number of hydrogen-bond acceptors (Lipinski definition) is 3. The van der Waals surface area contributed by atoms with Crippen LogP contribution in [0.5, 0.6) is 5.75 Å². The predicted octanol–water partition coefficient (Wildman–Crippen LogP) is 2.64. The third-order valence-corrected chi connectivity index (χ3v) is 2.04. The van der Waals surface area contributed by atoms with Crippen molar-refractivity contribution < 1.29 is 41.7 Å². The highest BCUT2D eigenvalue weighted by Crippen LogP contribution is 2.34. The molecule has 106 valence electrons. The molecule has 1 atom stereocenters. The van der Waals surface area contributed by atoms with Gasteiger partial charge in [0.25, 0.3) is 6.43 Å². The van der Waals surface area contributed by atoms with Crippen LogP contribution >= 0.6 is 0 Å². The molecule has 0 radical (unpaired) electrons. The van der Waals surface area contributed by atoms with Gasteiger partial charge < -0.3 is 14.9 Å². The zero-order chi connectivity index (χ0) is 14.8.